The summed E-state index contributed by atoms with van der Waals surface area (Å²) in [7, 11) is 0. The molecule has 1 aromatic carbocycles. The van der Waals surface area contributed by atoms with Crippen molar-refractivity contribution in [2.24, 2.45) is 0 Å². The molecule has 3 aromatic rings. The van der Waals surface area contributed by atoms with Crippen LogP contribution in [0.2, 0.25) is 0 Å². The molecular weight excluding hydrogens is 275 g/mol. The minimum Gasteiger partial charge on any atom is -0.361 e. The highest BCUT2D eigenvalue weighted by molar-refractivity contribution is 7.12. The van der Waals surface area contributed by atoms with Crippen molar-refractivity contribution in [1.29, 1.82) is 0 Å². The Morgan fingerprint density at radius 2 is 2.25 bits per heavy atom. The van der Waals surface area contributed by atoms with Gasteiger partial charge in [0.2, 0.25) is 0 Å². The van der Waals surface area contributed by atoms with Crippen LogP contribution in [0.15, 0.2) is 41.9 Å². The first-order chi connectivity index (χ1) is 9.74. The van der Waals surface area contributed by atoms with Gasteiger partial charge in [-0.15, -0.1) is 11.3 Å². The summed E-state index contributed by atoms with van der Waals surface area (Å²) in [6, 6.07) is 8.31. The zero-order valence-electron chi connectivity index (χ0n) is 10.7. The van der Waals surface area contributed by atoms with Gasteiger partial charge in [0.15, 0.2) is 0 Å². The molecule has 0 bridgehead atoms. The molecule has 0 radical (unpaired) electrons. The maximum absolute atomic E-state index is 13.2. The van der Waals surface area contributed by atoms with Crippen LogP contribution in [0.3, 0.4) is 0 Å². The SMILES string of the molecule is O=C(NCCc1c[nH]c2ccc(F)cc12)c1cccs1. The van der Waals surface area contributed by atoms with Crippen molar-refractivity contribution < 1.29 is 9.18 Å². The van der Waals surface area contributed by atoms with Crippen LogP contribution in [0.25, 0.3) is 10.9 Å². The highest BCUT2D eigenvalue weighted by atomic mass is 32.1. The molecule has 0 spiro atoms. The fourth-order valence-electron chi connectivity index (χ4n) is 2.16. The van der Waals surface area contributed by atoms with E-state index in [1.807, 2.05) is 17.6 Å². The summed E-state index contributed by atoms with van der Waals surface area (Å²) in [5.41, 5.74) is 1.91. The Morgan fingerprint density at radius 3 is 3.05 bits per heavy atom. The van der Waals surface area contributed by atoms with Crippen LogP contribution < -0.4 is 5.32 Å². The first kappa shape index (κ1) is 12.9. The van der Waals surface area contributed by atoms with Gasteiger partial charge in [-0.3, -0.25) is 4.79 Å². The van der Waals surface area contributed by atoms with Crippen molar-refractivity contribution in [3.05, 3.63) is 58.2 Å². The van der Waals surface area contributed by atoms with Crippen LogP contribution >= 0.6 is 11.3 Å². The Morgan fingerprint density at radius 1 is 1.35 bits per heavy atom. The number of hydrogen-bond acceptors (Lipinski definition) is 2. The number of fused-ring (bicyclic) bond motifs is 1. The van der Waals surface area contributed by atoms with Crippen LogP contribution in [-0.2, 0) is 6.42 Å². The quantitative estimate of drug-likeness (QED) is 0.760. The summed E-state index contributed by atoms with van der Waals surface area (Å²) in [4.78, 5) is 15.6. The Bertz CT molecular complexity index is 734. The minimum atomic E-state index is -0.249. The maximum atomic E-state index is 13.2. The molecular formula is C15H13FN2OS. The number of aromatic amines is 1. The molecule has 0 unspecified atom stereocenters. The predicted molar refractivity (Wildman–Crippen MR) is 78.6 cm³/mol. The second kappa shape index (κ2) is 5.46. The van der Waals surface area contributed by atoms with E-state index in [2.05, 4.69) is 10.3 Å². The van der Waals surface area contributed by atoms with E-state index in [-0.39, 0.29) is 11.7 Å². The number of nitrogens with one attached hydrogen (secondary N) is 2. The van der Waals surface area contributed by atoms with Gasteiger partial charge in [0.1, 0.15) is 5.82 Å². The van der Waals surface area contributed by atoms with E-state index in [0.717, 1.165) is 16.5 Å². The summed E-state index contributed by atoms with van der Waals surface area (Å²) < 4.78 is 13.2. The molecule has 0 aliphatic rings. The first-order valence-corrected chi connectivity index (χ1v) is 7.19. The molecule has 0 atom stereocenters. The number of aromatic nitrogens is 1. The van der Waals surface area contributed by atoms with Crippen molar-refractivity contribution in [1.82, 2.24) is 10.3 Å². The van der Waals surface area contributed by atoms with Gasteiger partial charge in [0.25, 0.3) is 5.91 Å². The molecule has 20 heavy (non-hydrogen) atoms. The molecule has 0 aliphatic carbocycles. The molecule has 0 fully saturated rings. The number of rotatable bonds is 4. The van der Waals surface area contributed by atoms with E-state index >= 15 is 0 Å². The van der Waals surface area contributed by atoms with Crippen molar-refractivity contribution >= 4 is 28.1 Å². The van der Waals surface area contributed by atoms with Gasteiger partial charge in [0, 0.05) is 23.6 Å². The second-order valence-electron chi connectivity index (χ2n) is 4.49. The lowest BCUT2D eigenvalue weighted by molar-refractivity contribution is 0.0958. The normalized spacial score (nSPS) is 10.8. The maximum Gasteiger partial charge on any atom is 0.261 e. The Kier molecular flexibility index (Phi) is 3.52. The Balaban J connectivity index is 1.65. The lowest BCUT2D eigenvalue weighted by Gasteiger charge is -2.03. The van der Waals surface area contributed by atoms with E-state index in [9.17, 15) is 9.18 Å². The van der Waals surface area contributed by atoms with E-state index in [1.54, 1.807) is 12.1 Å². The number of halogens is 1. The molecule has 0 aliphatic heterocycles. The fraction of sp³-hybridized carbons (Fsp3) is 0.133. The Labute approximate surface area is 119 Å². The zero-order chi connectivity index (χ0) is 13.9. The van der Waals surface area contributed by atoms with Gasteiger partial charge in [-0.1, -0.05) is 6.07 Å². The van der Waals surface area contributed by atoms with Crippen LogP contribution in [0.4, 0.5) is 4.39 Å². The summed E-state index contributed by atoms with van der Waals surface area (Å²) in [6.45, 7) is 0.528. The van der Waals surface area contributed by atoms with Crippen LogP contribution in [0.5, 0.6) is 0 Å². The third-order valence-electron chi connectivity index (χ3n) is 3.15. The molecule has 0 saturated heterocycles. The summed E-state index contributed by atoms with van der Waals surface area (Å²) in [5.74, 6) is -0.313. The lowest BCUT2D eigenvalue weighted by atomic mass is 10.1. The van der Waals surface area contributed by atoms with Gasteiger partial charge >= 0.3 is 0 Å². The summed E-state index contributed by atoms with van der Waals surface area (Å²) in [6.07, 6.45) is 2.53. The van der Waals surface area contributed by atoms with Crippen LogP contribution in [0.1, 0.15) is 15.2 Å². The minimum absolute atomic E-state index is 0.0639. The van der Waals surface area contributed by atoms with E-state index in [4.69, 9.17) is 0 Å². The van der Waals surface area contributed by atoms with E-state index in [1.165, 1.54) is 23.5 Å². The smallest absolute Gasteiger partial charge is 0.261 e. The summed E-state index contributed by atoms with van der Waals surface area (Å²) in [5, 5.41) is 5.61. The number of carbonyl (C=O) groups excluding carboxylic acids is 1. The van der Waals surface area contributed by atoms with Gasteiger partial charge < -0.3 is 10.3 Å². The number of carbonyl (C=O) groups is 1. The number of amides is 1. The van der Waals surface area contributed by atoms with E-state index < -0.39 is 0 Å². The third-order valence-corrected chi connectivity index (χ3v) is 4.02. The Hall–Kier alpha value is -2.14. The highest BCUT2D eigenvalue weighted by Gasteiger charge is 2.07. The van der Waals surface area contributed by atoms with Crippen LogP contribution in [-0.4, -0.2) is 17.4 Å². The topological polar surface area (TPSA) is 44.9 Å². The molecule has 1 amide bonds. The molecule has 2 aromatic heterocycles. The van der Waals surface area contributed by atoms with E-state index in [0.29, 0.717) is 17.8 Å². The standard InChI is InChI=1S/C15H13FN2OS/c16-11-3-4-13-12(8-11)10(9-18-13)5-6-17-15(19)14-2-1-7-20-14/h1-4,7-9,18H,5-6H2,(H,17,19). The van der Waals surface area contributed by atoms with Gasteiger partial charge in [0.05, 0.1) is 4.88 Å². The number of thiophene rings is 1. The van der Waals surface area contributed by atoms with Gasteiger partial charge in [-0.2, -0.15) is 0 Å². The molecule has 3 nitrogen and oxygen atoms in total. The highest BCUT2D eigenvalue weighted by Crippen LogP contribution is 2.19. The predicted octanol–water partition coefficient (Wildman–Crippen LogP) is 3.34. The number of hydrogen-bond donors (Lipinski definition) is 2. The van der Waals surface area contributed by atoms with Crippen molar-refractivity contribution in [2.45, 2.75) is 6.42 Å². The van der Waals surface area contributed by atoms with Gasteiger partial charge in [-0.05, 0) is 41.6 Å². The number of H-pyrrole nitrogens is 1. The fourth-order valence-corrected chi connectivity index (χ4v) is 2.80. The van der Waals surface area contributed by atoms with Crippen LogP contribution in [0, 0.1) is 5.82 Å². The lowest BCUT2D eigenvalue weighted by Crippen LogP contribution is -2.24. The largest absolute Gasteiger partial charge is 0.361 e. The number of benzene rings is 1. The van der Waals surface area contributed by atoms with Crippen molar-refractivity contribution in [2.75, 3.05) is 6.54 Å². The van der Waals surface area contributed by atoms with Crippen molar-refractivity contribution in [3.8, 4) is 0 Å². The van der Waals surface area contributed by atoms with Gasteiger partial charge in [-0.25, -0.2) is 4.39 Å². The molecule has 3 rings (SSSR count). The first-order valence-electron chi connectivity index (χ1n) is 6.31. The second-order valence-corrected chi connectivity index (χ2v) is 5.43. The third kappa shape index (κ3) is 2.58. The average Bonchev–Trinajstić information content (AvgIpc) is 3.08. The molecule has 0 saturated carbocycles. The molecule has 102 valence electrons. The van der Waals surface area contributed by atoms with Crippen molar-refractivity contribution in [3.63, 3.8) is 0 Å². The molecule has 5 heteroatoms. The summed E-state index contributed by atoms with van der Waals surface area (Å²) >= 11 is 1.42. The zero-order valence-corrected chi connectivity index (χ0v) is 11.5. The molecule has 2 heterocycles. The average molecular weight is 288 g/mol. The monoisotopic (exact) mass is 288 g/mol. The molecule has 2 N–H and O–H groups in total.